The molecule has 0 aliphatic rings. The first-order chi connectivity index (χ1) is 48.7. The van der Waals surface area contributed by atoms with E-state index in [-0.39, 0.29) is 25.7 Å². The van der Waals surface area contributed by atoms with Gasteiger partial charge < -0.3 is 33.8 Å². The molecule has 0 spiro atoms. The lowest BCUT2D eigenvalue weighted by Crippen LogP contribution is -2.30. The summed E-state index contributed by atoms with van der Waals surface area (Å²) in [6, 6.07) is 0. The minimum absolute atomic E-state index is 0.105. The lowest BCUT2D eigenvalue weighted by Gasteiger charge is -2.21. The first-order valence-electron chi connectivity index (χ1n) is 42.3. The zero-order chi connectivity index (χ0) is 74.4. The Morgan fingerprint density at radius 2 is 0.455 bits per heavy atom. The highest BCUT2D eigenvalue weighted by Gasteiger charge is 2.30. The summed E-state index contributed by atoms with van der Waals surface area (Å²) in [6.07, 6.45) is 61.2. The van der Waals surface area contributed by atoms with Crippen molar-refractivity contribution in [2.75, 3.05) is 39.6 Å². The van der Waals surface area contributed by atoms with Crippen LogP contribution in [0.25, 0.3) is 0 Å². The number of carbonyl (C=O) groups excluding carboxylic acids is 4. The molecule has 19 heteroatoms. The van der Waals surface area contributed by atoms with Crippen molar-refractivity contribution in [3.63, 3.8) is 0 Å². The van der Waals surface area contributed by atoms with E-state index in [4.69, 9.17) is 37.0 Å². The number of hydrogen-bond acceptors (Lipinski definition) is 15. The number of phosphoric ester groups is 2. The van der Waals surface area contributed by atoms with Gasteiger partial charge in [0.2, 0.25) is 0 Å². The Bertz CT molecular complexity index is 1960. The molecule has 5 atom stereocenters. The molecule has 0 amide bonds. The maximum absolute atomic E-state index is 13.1. The predicted octanol–water partition coefficient (Wildman–Crippen LogP) is 24.5. The van der Waals surface area contributed by atoms with Crippen molar-refractivity contribution >= 4 is 39.5 Å². The molecule has 0 aromatic rings. The average Bonchev–Trinajstić information content (AvgIpc) is 1.22. The van der Waals surface area contributed by atoms with Crippen LogP contribution >= 0.6 is 15.6 Å². The second-order valence-corrected chi connectivity index (χ2v) is 33.8. The SMILES string of the molecule is CCCCCCCCCCCCCCCCCCCCCCCCC(=O)O[C@H](COC(=O)CCCCCCCCCCCCCCC(C)C)COP(=O)(O)OC[C@@H](O)COP(=O)(O)OC[C@@H](COC(=O)CCCCCCCCCCCC(C)C)OC(=O)CCCCCCCCCCCC(C)C. The van der Waals surface area contributed by atoms with Crippen molar-refractivity contribution in [2.24, 2.45) is 17.8 Å². The number of phosphoric acid groups is 2. The topological polar surface area (TPSA) is 237 Å². The number of unbranched alkanes of at least 4 members (excludes halogenated alkanes) is 48. The minimum atomic E-state index is -4.96. The van der Waals surface area contributed by atoms with Crippen LogP contribution in [0.3, 0.4) is 0 Å². The first-order valence-corrected chi connectivity index (χ1v) is 45.3. The second kappa shape index (κ2) is 72.3. The van der Waals surface area contributed by atoms with Gasteiger partial charge in [-0.2, -0.15) is 0 Å². The lowest BCUT2D eigenvalue weighted by molar-refractivity contribution is -0.161. The van der Waals surface area contributed by atoms with Gasteiger partial charge in [-0.05, 0) is 43.4 Å². The normalized spacial score (nSPS) is 14.0. The number of ether oxygens (including phenoxy) is 4. The maximum Gasteiger partial charge on any atom is 0.472 e. The molecular weight excluding hydrogens is 1320 g/mol. The van der Waals surface area contributed by atoms with Gasteiger partial charge in [-0.3, -0.25) is 37.3 Å². The quantitative estimate of drug-likeness (QED) is 0.0222. The zero-order valence-electron chi connectivity index (χ0n) is 66.4. The highest BCUT2D eigenvalue weighted by molar-refractivity contribution is 7.47. The fourth-order valence-corrected chi connectivity index (χ4v) is 14.2. The van der Waals surface area contributed by atoms with E-state index >= 15 is 0 Å². The standard InChI is InChI=1S/C82H160O17P2/c1-8-9-10-11-12-13-14-15-16-17-18-19-20-21-22-23-24-29-36-44-51-58-65-81(86)98-77(69-92-79(84)63-56-49-42-35-28-26-25-27-32-39-46-53-60-73(2)3)71-96-100(88,89)94-67-76(83)68-95-101(90,91)97-72-78(99-82(87)66-59-52-45-38-31-34-41-48-55-62-75(6)7)70-93-80(85)64-57-50-43-37-30-33-40-47-54-61-74(4)5/h73-78,83H,8-72H2,1-7H3,(H,88,89)(H,90,91)/t76-,77-,78-/m1/s1. The Balaban J connectivity index is 5.22. The molecular formula is C82H160O17P2. The van der Waals surface area contributed by atoms with Gasteiger partial charge in [0.1, 0.15) is 19.3 Å². The number of aliphatic hydroxyl groups is 1. The average molecular weight is 1480 g/mol. The van der Waals surface area contributed by atoms with E-state index in [2.05, 4.69) is 48.5 Å². The summed E-state index contributed by atoms with van der Waals surface area (Å²) < 4.78 is 68.7. The Labute approximate surface area is 619 Å². The molecule has 0 aliphatic carbocycles. The summed E-state index contributed by atoms with van der Waals surface area (Å²) in [4.78, 5) is 73.0. The van der Waals surface area contributed by atoms with Gasteiger partial charge in [-0.25, -0.2) is 9.13 Å². The van der Waals surface area contributed by atoms with Crippen LogP contribution in [0.5, 0.6) is 0 Å². The zero-order valence-corrected chi connectivity index (χ0v) is 68.2. The molecule has 2 unspecified atom stereocenters. The van der Waals surface area contributed by atoms with E-state index in [0.29, 0.717) is 25.7 Å². The third kappa shape index (κ3) is 76.1. The summed E-state index contributed by atoms with van der Waals surface area (Å²) in [5, 5.41) is 10.6. The Morgan fingerprint density at radius 1 is 0.267 bits per heavy atom. The van der Waals surface area contributed by atoms with Crippen molar-refractivity contribution < 1.29 is 80.2 Å². The Kier molecular flexibility index (Phi) is 70.9. The van der Waals surface area contributed by atoms with Gasteiger partial charge in [0.15, 0.2) is 12.2 Å². The predicted molar refractivity (Wildman–Crippen MR) is 414 cm³/mol. The van der Waals surface area contributed by atoms with Crippen molar-refractivity contribution in [1.82, 2.24) is 0 Å². The van der Waals surface area contributed by atoms with Crippen molar-refractivity contribution in [1.29, 1.82) is 0 Å². The molecule has 101 heavy (non-hydrogen) atoms. The molecule has 0 aromatic heterocycles. The molecule has 0 aromatic carbocycles. The van der Waals surface area contributed by atoms with E-state index in [1.165, 1.54) is 238 Å². The monoisotopic (exact) mass is 1480 g/mol. The summed E-state index contributed by atoms with van der Waals surface area (Å²) in [7, 11) is -9.92. The number of rotatable bonds is 80. The fraction of sp³-hybridized carbons (Fsp3) is 0.951. The van der Waals surface area contributed by atoms with Crippen LogP contribution in [-0.2, 0) is 65.4 Å². The summed E-state index contributed by atoms with van der Waals surface area (Å²) in [5.41, 5.74) is 0. The van der Waals surface area contributed by atoms with Gasteiger partial charge >= 0.3 is 39.5 Å². The van der Waals surface area contributed by atoms with Gasteiger partial charge in [-0.15, -0.1) is 0 Å². The molecule has 3 N–H and O–H groups in total. The van der Waals surface area contributed by atoms with Crippen LogP contribution in [0.15, 0.2) is 0 Å². The van der Waals surface area contributed by atoms with Crippen molar-refractivity contribution in [3.8, 4) is 0 Å². The molecule has 17 nitrogen and oxygen atoms in total. The molecule has 0 bridgehead atoms. The molecule has 0 saturated carbocycles. The van der Waals surface area contributed by atoms with Crippen molar-refractivity contribution in [3.05, 3.63) is 0 Å². The first kappa shape index (κ1) is 99.1. The number of esters is 4. The van der Waals surface area contributed by atoms with E-state index in [0.717, 1.165) is 108 Å². The largest absolute Gasteiger partial charge is 0.472 e. The lowest BCUT2D eigenvalue weighted by atomic mass is 10.0. The van der Waals surface area contributed by atoms with Crippen LogP contribution < -0.4 is 0 Å². The van der Waals surface area contributed by atoms with E-state index in [1.807, 2.05) is 0 Å². The van der Waals surface area contributed by atoms with Gasteiger partial charge in [0.25, 0.3) is 0 Å². The number of carbonyl (C=O) groups is 4. The van der Waals surface area contributed by atoms with E-state index in [1.54, 1.807) is 0 Å². The Morgan fingerprint density at radius 3 is 0.673 bits per heavy atom. The summed E-state index contributed by atoms with van der Waals surface area (Å²) in [5.74, 6) is 0.150. The van der Waals surface area contributed by atoms with Crippen LogP contribution in [-0.4, -0.2) is 96.7 Å². The van der Waals surface area contributed by atoms with Crippen LogP contribution in [0.4, 0.5) is 0 Å². The van der Waals surface area contributed by atoms with Crippen LogP contribution in [0.2, 0.25) is 0 Å². The summed E-state index contributed by atoms with van der Waals surface area (Å²) >= 11 is 0. The molecule has 0 rings (SSSR count). The minimum Gasteiger partial charge on any atom is -0.462 e. The smallest absolute Gasteiger partial charge is 0.462 e. The molecule has 0 saturated heterocycles. The highest BCUT2D eigenvalue weighted by Crippen LogP contribution is 2.45. The molecule has 0 aliphatic heterocycles. The molecule has 0 radical (unpaired) electrons. The third-order valence-electron chi connectivity index (χ3n) is 19.1. The van der Waals surface area contributed by atoms with Gasteiger partial charge in [0, 0.05) is 25.7 Å². The number of hydrogen-bond donors (Lipinski definition) is 3. The molecule has 0 fully saturated rings. The highest BCUT2D eigenvalue weighted by atomic mass is 31.2. The van der Waals surface area contributed by atoms with Crippen LogP contribution in [0, 0.1) is 17.8 Å². The number of aliphatic hydroxyl groups excluding tert-OH is 1. The second-order valence-electron chi connectivity index (χ2n) is 30.9. The third-order valence-corrected chi connectivity index (χ3v) is 21.0. The van der Waals surface area contributed by atoms with E-state index < -0.39 is 97.5 Å². The Hall–Kier alpha value is -1.94. The maximum atomic E-state index is 13.1. The van der Waals surface area contributed by atoms with Gasteiger partial charge in [-0.1, -0.05) is 376 Å². The molecule has 600 valence electrons. The van der Waals surface area contributed by atoms with Gasteiger partial charge in [0.05, 0.1) is 26.4 Å². The fourth-order valence-electron chi connectivity index (χ4n) is 12.7. The summed E-state index contributed by atoms with van der Waals surface area (Å²) in [6.45, 7) is 11.9. The molecule has 0 heterocycles. The van der Waals surface area contributed by atoms with E-state index in [9.17, 15) is 43.2 Å². The van der Waals surface area contributed by atoms with Crippen molar-refractivity contribution in [2.45, 2.75) is 446 Å². The van der Waals surface area contributed by atoms with Crippen LogP contribution in [0.1, 0.15) is 427 Å².